The molecule has 3 heterocycles. The molecule has 0 amide bonds. The Hall–Kier alpha value is -3.60. The monoisotopic (exact) mass is 435 g/mol. The number of allylic oxidation sites excluding steroid dienone is 1. The number of nitrogens with zero attached hydrogens (tertiary/aromatic N) is 4. The van der Waals surface area contributed by atoms with Crippen LogP contribution in [-0.2, 0) is 0 Å². The van der Waals surface area contributed by atoms with E-state index in [2.05, 4.69) is 4.98 Å². The van der Waals surface area contributed by atoms with E-state index in [-0.39, 0.29) is 27.3 Å². The Labute approximate surface area is 178 Å². The summed E-state index contributed by atoms with van der Waals surface area (Å²) in [6.07, 6.45) is 0. The van der Waals surface area contributed by atoms with E-state index in [0.717, 1.165) is 9.36 Å². The van der Waals surface area contributed by atoms with Crippen LogP contribution in [0, 0.1) is 11.3 Å². The van der Waals surface area contributed by atoms with Gasteiger partial charge in [-0.25, -0.2) is 9.67 Å². The van der Waals surface area contributed by atoms with Crippen molar-refractivity contribution in [1.82, 2.24) is 14.3 Å². The molecule has 1 unspecified atom stereocenters. The van der Waals surface area contributed by atoms with Crippen LogP contribution in [0.2, 0.25) is 10.2 Å². The van der Waals surface area contributed by atoms with Gasteiger partial charge in [0.1, 0.15) is 28.7 Å². The van der Waals surface area contributed by atoms with Crippen molar-refractivity contribution in [3.63, 3.8) is 0 Å². The van der Waals surface area contributed by atoms with Gasteiger partial charge in [-0.05, 0) is 36.4 Å². The number of aromatic nitrogens is 3. The maximum atomic E-state index is 13.3. The van der Waals surface area contributed by atoms with Gasteiger partial charge in [-0.15, -0.1) is 0 Å². The summed E-state index contributed by atoms with van der Waals surface area (Å²) in [7, 11) is 0. The molecule has 0 spiro atoms. The summed E-state index contributed by atoms with van der Waals surface area (Å²) >= 11 is 12.5. The maximum absolute atomic E-state index is 13.3. The molecule has 146 valence electrons. The molecule has 1 aliphatic heterocycles. The van der Waals surface area contributed by atoms with Crippen molar-refractivity contribution in [2.24, 2.45) is 5.73 Å². The van der Waals surface area contributed by atoms with Gasteiger partial charge in [0.25, 0.3) is 11.1 Å². The van der Waals surface area contributed by atoms with Gasteiger partial charge in [0.15, 0.2) is 0 Å². The maximum Gasteiger partial charge on any atom is 0.279 e. The molecule has 0 radical (unpaired) electrons. The second kappa shape index (κ2) is 6.46. The van der Waals surface area contributed by atoms with E-state index in [1.807, 2.05) is 6.07 Å². The molecule has 9 heteroatoms. The summed E-state index contributed by atoms with van der Waals surface area (Å²) in [5.74, 6) is -0.113. The van der Waals surface area contributed by atoms with E-state index in [9.17, 15) is 14.9 Å². The minimum absolute atomic E-state index is 0.0367. The van der Waals surface area contributed by atoms with Crippen LogP contribution in [0.3, 0.4) is 0 Å². The number of benzene rings is 2. The van der Waals surface area contributed by atoms with Gasteiger partial charge < -0.3 is 5.73 Å². The van der Waals surface area contributed by atoms with Crippen molar-refractivity contribution in [3.05, 3.63) is 90.6 Å². The molecule has 5 rings (SSSR count). The minimum Gasteiger partial charge on any atom is -0.383 e. The van der Waals surface area contributed by atoms with Crippen LogP contribution in [-0.4, -0.2) is 14.3 Å². The molecule has 0 saturated carbocycles. The van der Waals surface area contributed by atoms with Crippen molar-refractivity contribution in [1.29, 1.82) is 5.26 Å². The van der Waals surface area contributed by atoms with Crippen LogP contribution < -0.4 is 16.9 Å². The van der Waals surface area contributed by atoms with Crippen LogP contribution in [0.25, 0.3) is 27.5 Å². The predicted molar refractivity (Wildman–Crippen MR) is 115 cm³/mol. The first-order valence-electron chi connectivity index (χ1n) is 8.84. The number of rotatable bonds is 1. The number of nitrogens with two attached hydrogens (primary N) is 1. The van der Waals surface area contributed by atoms with Crippen LogP contribution in [0.15, 0.2) is 63.7 Å². The highest BCUT2D eigenvalue weighted by Crippen LogP contribution is 2.37. The van der Waals surface area contributed by atoms with Crippen LogP contribution in [0.1, 0.15) is 11.6 Å². The Kier molecular flexibility index (Phi) is 3.97. The van der Waals surface area contributed by atoms with Crippen molar-refractivity contribution in [3.8, 4) is 6.07 Å². The van der Waals surface area contributed by atoms with Crippen molar-refractivity contribution < 1.29 is 0 Å². The second-order valence-electron chi connectivity index (χ2n) is 6.83. The SMILES string of the molecule is N#CC1=C(N)n2c(=O)c3ccccc3c(=O)n2C1c1cc2cc(Cl)ccc2nc1Cl. The van der Waals surface area contributed by atoms with Gasteiger partial charge >= 0.3 is 0 Å². The van der Waals surface area contributed by atoms with E-state index >= 15 is 0 Å². The van der Waals surface area contributed by atoms with Crippen molar-refractivity contribution in [2.75, 3.05) is 0 Å². The Morgan fingerprint density at radius 2 is 1.73 bits per heavy atom. The molecule has 2 aromatic heterocycles. The quantitative estimate of drug-likeness (QED) is 0.461. The third-order valence-corrected chi connectivity index (χ3v) is 5.74. The zero-order valence-electron chi connectivity index (χ0n) is 15.1. The molecular formula is C21H11Cl2N5O2. The number of halogens is 2. The summed E-state index contributed by atoms with van der Waals surface area (Å²) in [5.41, 5.74) is 6.20. The minimum atomic E-state index is -0.997. The van der Waals surface area contributed by atoms with Crippen LogP contribution >= 0.6 is 23.2 Å². The topological polar surface area (TPSA) is 107 Å². The van der Waals surface area contributed by atoms with E-state index < -0.39 is 17.2 Å². The number of hydrogen-bond donors (Lipinski definition) is 1. The Bertz CT molecular complexity index is 1590. The lowest BCUT2D eigenvalue weighted by Crippen LogP contribution is -2.38. The lowest BCUT2D eigenvalue weighted by atomic mass is 10.0. The molecular weight excluding hydrogens is 425 g/mol. The van der Waals surface area contributed by atoms with Crippen LogP contribution in [0.5, 0.6) is 0 Å². The van der Waals surface area contributed by atoms with E-state index in [1.165, 1.54) is 0 Å². The zero-order valence-corrected chi connectivity index (χ0v) is 16.6. The molecule has 0 aliphatic carbocycles. The number of hydrogen-bond acceptors (Lipinski definition) is 5. The van der Waals surface area contributed by atoms with Gasteiger partial charge in [0.05, 0.1) is 16.3 Å². The van der Waals surface area contributed by atoms with E-state index in [0.29, 0.717) is 21.5 Å². The second-order valence-corrected chi connectivity index (χ2v) is 7.63. The van der Waals surface area contributed by atoms with Crippen molar-refractivity contribution in [2.45, 2.75) is 6.04 Å². The lowest BCUT2D eigenvalue weighted by Gasteiger charge is -2.18. The fourth-order valence-electron chi connectivity index (χ4n) is 3.85. The molecule has 30 heavy (non-hydrogen) atoms. The highest BCUT2D eigenvalue weighted by atomic mass is 35.5. The number of nitriles is 1. The number of pyridine rings is 1. The summed E-state index contributed by atoms with van der Waals surface area (Å²) < 4.78 is 2.20. The molecule has 1 atom stereocenters. The van der Waals surface area contributed by atoms with Gasteiger partial charge in [0, 0.05) is 16.0 Å². The summed E-state index contributed by atoms with van der Waals surface area (Å²) in [6.45, 7) is 0. The van der Waals surface area contributed by atoms with E-state index in [1.54, 1.807) is 48.5 Å². The van der Waals surface area contributed by atoms with Gasteiger partial charge in [-0.1, -0.05) is 35.3 Å². The summed E-state index contributed by atoms with van der Waals surface area (Å²) in [6, 6.07) is 14.3. The van der Waals surface area contributed by atoms with Gasteiger partial charge in [-0.2, -0.15) is 9.94 Å². The highest BCUT2D eigenvalue weighted by molar-refractivity contribution is 6.32. The average molecular weight is 436 g/mol. The van der Waals surface area contributed by atoms with Crippen LogP contribution in [0.4, 0.5) is 0 Å². The molecule has 4 aromatic rings. The van der Waals surface area contributed by atoms with E-state index in [4.69, 9.17) is 28.9 Å². The first-order valence-corrected chi connectivity index (χ1v) is 9.60. The third-order valence-electron chi connectivity index (χ3n) is 5.20. The first kappa shape index (κ1) is 18.4. The molecule has 1 aliphatic rings. The molecule has 2 N–H and O–H groups in total. The Morgan fingerprint density at radius 3 is 2.43 bits per heavy atom. The predicted octanol–water partition coefficient (Wildman–Crippen LogP) is 3.27. The fraction of sp³-hybridized carbons (Fsp3) is 0.0476. The van der Waals surface area contributed by atoms with Gasteiger partial charge in [-0.3, -0.25) is 9.59 Å². The summed E-state index contributed by atoms with van der Waals surface area (Å²) in [5, 5.41) is 11.5. The molecule has 0 bridgehead atoms. The molecule has 2 aromatic carbocycles. The highest BCUT2D eigenvalue weighted by Gasteiger charge is 2.36. The Morgan fingerprint density at radius 1 is 1.03 bits per heavy atom. The average Bonchev–Trinajstić information content (AvgIpc) is 3.04. The smallest absolute Gasteiger partial charge is 0.279 e. The normalized spacial score (nSPS) is 15.6. The molecule has 0 fully saturated rings. The first-order chi connectivity index (χ1) is 14.4. The Balaban J connectivity index is 1.91. The zero-order chi connectivity index (χ0) is 21.2. The largest absolute Gasteiger partial charge is 0.383 e. The van der Waals surface area contributed by atoms with Gasteiger partial charge in [0.2, 0.25) is 0 Å². The standard InChI is InChI=1S/C21H11Cl2N5O2/c22-11-5-6-16-10(7-11)8-14(18(23)26-16)17-15(9-24)19(25)28-21(30)13-4-2-1-3-12(13)20(29)27(17)28/h1-8,17H,25H2. The van der Waals surface area contributed by atoms with Crippen molar-refractivity contribution >= 4 is 50.7 Å². The molecule has 0 saturated heterocycles. The lowest BCUT2D eigenvalue weighted by molar-refractivity contribution is 0.538. The molecule has 7 nitrogen and oxygen atoms in total. The number of fused-ring (bicyclic) bond motifs is 3. The fourth-order valence-corrected chi connectivity index (χ4v) is 4.28. The summed E-state index contributed by atoms with van der Waals surface area (Å²) in [4.78, 5) is 30.8. The third kappa shape index (κ3) is 2.41.